The maximum atomic E-state index is 12.8. The molecule has 2 rings (SSSR count). The number of unbranched alkanes of at least 4 members (excludes halogenated alkanes) is 2. The van der Waals surface area contributed by atoms with Crippen LogP contribution in [0, 0.1) is 0 Å². The third kappa shape index (κ3) is 5.28. The first-order valence-corrected chi connectivity index (χ1v) is 10.1. The quantitative estimate of drug-likeness (QED) is 0.539. The molecule has 0 saturated carbocycles. The Balaban J connectivity index is 2.20. The topological polar surface area (TPSA) is 17.1 Å². The van der Waals surface area contributed by atoms with E-state index in [1.807, 2.05) is 48.5 Å². The van der Waals surface area contributed by atoms with Gasteiger partial charge in [0.2, 0.25) is 0 Å². The SMILES string of the molecule is CCCC/C=C(\[Se]c1ccccc1)S(=O)c1ccccc1. The molecule has 0 radical (unpaired) electrons. The zero-order chi connectivity index (χ0) is 14.9. The van der Waals surface area contributed by atoms with Gasteiger partial charge in [-0.05, 0) is 0 Å². The summed E-state index contributed by atoms with van der Waals surface area (Å²) in [5, 5.41) is 0. The number of rotatable bonds is 7. The van der Waals surface area contributed by atoms with Crippen LogP contribution in [0.1, 0.15) is 26.2 Å². The third-order valence-corrected chi connectivity index (χ3v) is 7.43. The predicted molar refractivity (Wildman–Crippen MR) is 92.3 cm³/mol. The summed E-state index contributed by atoms with van der Waals surface area (Å²) in [6, 6.07) is 20.1. The van der Waals surface area contributed by atoms with Crippen LogP contribution in [0.25, 0.3) is 0 Å². The predicted octanol–water partition coefficient (Wildman–Crippen LogP) is 3.86. The van der Waals surface area contributed by atoms with Crippen molar-refractivity contribution in [2.45, 2.75) is 31.1 Å². The molecule has 0 fully saturated rings. The summed E-state index contributed by atoms with van der Waals surface area (Å²) in [6.45, 7) is 2.18. The standard InChI is InChI=1S/C18H20OSSe/c1-2-3-6-15-18(21-17-13-9-5-10-14-17)20(19)16-11-7-4-8-12-16/h4-5,7-15H,2-3,6H2,1H3/b18-15-. The third-order valence-electron chi connectivity index (χ3n) is 2.97. The van der Waals surface area contributed by atoms with Crippen LogP contribution in [0.3, 0.4) is 0 Å². The van der Waals surface area contributed by atoms with Crippen molar-refractivity contribution >= 4 is 30.2 Å². The molecule has 1 nitrogen and oxygen atoms in total. The summed E-state index contributed by atoms with van der Waals surface area (Å²) < 4.78 is 15.2. The van der Waals surface area contributed by atoms with Crippen LogP contribution in [0.15, 0.2) is 75.4 Å². The summed E-state index contributed by atoms with van der Waals surface area (Å²) in [6.07, 6.45) is 5.53. The van der Waals surface area contributed by atoms with E-state index in [1.54, 1.807) is 0 Å². The second kappa shape index (κ2) is 8.99. The van der Waals surface area contributed by atoms with Crippen molar-refractivity contribution in [3.63, 3.8) is 0 Å². The summed E-state index contributed by atoms with van der Waals surface area (Å²) in [4.78, 5) is 0.901. The second-order valence-corrected chi connectivity index (χ2v) is 9.03. The van der Waals surface area contributed by atoms with Crippen molar-refractivity contribution < 1.29 is 4.21 Å². The first-order chi connectivity index (χ1) is 10.3. The zero-order valence-corrected chi connectivity index (χ0v) is 14.7. The Bertz CT molecular complexity index is 593. The minimum atomic E-state index is -1.04. The average molecular weight is 363 g/mol. The van der Waals surface area contributed by atoms with Crippen LogP contribution < -0.4 is 4.46 Å². The molecule has 2 aromatic rings. The number of hydrogen-bond donors (Lipinski definition) is 0. The minimum absolute atomic E-state index is 0.121. The molecule has 0 saturated heterocycles. The van der Waals surface area contributed by atoms with E-state index in [9.17, 15) is 4.21 Å². The van der Waals surface area contributed by atoms with Gasteiger partial charge in [-0.3, -0.25) is 0 Å². The van der Waals surface area contributed by atoms with Gasteiger partial charge in [-0.2, -0.15) is 0 Å². The van der Waals surface area contributed by atoms with Gasteiger partial charge in [0.05, 0.1) is 0 Å². The summed E-state index contributed by atoms with van der Waals surface area (Å²) in [5.74, 6) is 0. The molecule has 1 atom stereocenters. The van der Waals surface area contributed by atoms with E-state index in [2.05, 4.69) is 25.1 Å². The molecule has 0 N–H and O–H groups in total. The van der Waals surface area contributed by atoms with Crippen molar-refractivity contribution in [2.24, 2.45) is 0 Å². The van der Waals surface area contributed by atoms with Crippen molar-refractivity contribution in [1.29, 1.82) is 0 Å². The van der Waals surface area contributed by atoms with Gasteiger partial charge >= 0.3 is 136 Å². The molecule has 0 bridgehead atoms. The molecule has 1 unspecified atom stereocenters. The van der Waals surface area contributed by atoms with Crippen LogP contribution in [0.4, 0.5) is 0 Å². The maximum absolute atomic E-state index is 12.8. The molecule has 0 aliphatic heterocycles. The molecule has 110 valence electrons. The van der Waals surface area contributed by atoms with Gasteiger partial charge in [0.1, 0.15) is 0 Å². The Labute approximate surface area is 136 Å². The van der Waals surface area contributed by atoms with Crippen LogP contribution in [0.5, 0.6) is 0 Å². The molecule has 0 heterocycles. The molecule has 21 heavy (non-hydrogen) atoms. The van der Waals surface area contributed by atoms with Crippen molar-refractivity contribution in [3.05, 3.63) is 70.5 Å². The Morgan fingerprint density at radius 1 is 1.05 bits per heavy atom. The Morgan fingerprint density at radius 3 is 2.29 bits per heavy atom. The van der Waals surface area contributed by atoms with E-state index in [0.29, 0.717) is 0 Å². The average Bonchev–Trinajstić information content (AvgIpc) is 2.55. The fourth-order valence-corrected chi connectivity index (χ4v) is 5.93. The molecular weight excluding hydrogens is 343 g/mol. The van der Waals surface area contributed by atoms with Crippen LogP contribution in [-0.2, 0) is 10.8 Å². The number of hydrogen-bond acceptors (Lipinski definition) is 1. The fraction of sp³-hybridized carbons (Fsp3) is 0.222. The molecule has 0 aliphatic rings. The van der Waals surface area contributed by atoms with E-state index >= 15 is 0 Å². The van der Waals surface area contributed by atoms with E-state index in [1.165, 1.54) is 10.9 Å². The van der Waals surface area contributed by atoms with E-state index < -0.39 is 10.8 Å². The number of benzene rings is 2. The molecule has 3 heteroatoms. The Kier molecular flexibility index (Phi) is 6.94. The Morgan fingerprint density at radius 2 is 1.67 bits per heavy atom. The van der Waals surface area contributed by atoms with Gasteiger partial charge in [0.25, 0.3) is 0 Å². The van der Waals surface area contributed by atoms with Gasteiger partial charge in [-0.1, -0.05) is 0 Å². The zero-order valence-electron chi connectivity index (χ0n) is 12.2. The molecule has 2 aromatic carbocycles. The molecule has 0 aromatic heterocycles. The van der Waals surface area contributed by atoms with Gasteiger partial charge < -0.3 is 0 Å². The molecule has 0 amide bonds. The molecular formula is C18H20OSSe. The monoisotopic (exact) mass is 364 g/mol. The molecule has 0 spiro atoms. The van der Waals surface area contributed by atoms with Crippen molar-refractivity contribution in [3.8, 4) is 0 Å². The van der Waals surface area contributed by atoms with Crippen molar-refractivity contribution in [2.75, 3.05) is 0 Å². The van der Waals surface area contributed by atoms with Crippen LogP contribution >= 0.6 is 0 Å². The summed E-state index contributed by atoms with van der Waals surface area (Å²) in [7, 11) is -1.04. The Hall–Kier alpha value is -1.15. The van der Waals surface area contributed by atoms with E-state index in [0.717, 1.165) is 21.5 Å². The molecule has 0 aliphatic carbocycles. The second-order valence-electron chi connectivity index (χ2n) is 4.66. The van der Waals surface area contributed by atoms with Gasteiger partial charge in [-0.15, -0.1) is 0 Å². The van der Waals surface area contributed by atoms with E-state index in [-0.39, 0.29) is 15.0 Å². The first kappa shape index (κ1) is 16.2. The summed E-state index contributed by atoms with van der Waals surface area (Å²) in [5.41, 5.74) is 0. The van der Waals surface area contributed by atoms with Gasteiger partial charge in [-0.25, -0.2) is 0 Å². The summed E-state index contributed by atoms with van der Waals surface area (Å²) >= 11 is 0.121. The van der Waals surface area contributed by atoms with Crippen LogP contribution in [0.2, 0.25) is 0 Å². The fourth-order valence-electron chi connectivity index (χ4n) is 1.84. The van der Waals surface area contributed by atoms with Crippen LogP contribution in [-0.4, -0.2) is 19.2 Å². The van der Waals surface area contributed by atoms with E-state index in [4.69, 9.17) is 0 Å². The first-order valence-electron chi connectivity index (χ1n) is 7.21. The van der Waals surface area contributed by atoms with Gasteiger partial charge in [0, 0.05) is 0 Å². The van der Waals surface area contributed by atoms with Gasteiger partial charge in [0.15, 0.2) is 0 Å². The van der Waals surface area contributed by atoms with Crippen molar-refractivity contribution in [1.82, 2.24) is 0 Å². The normalized spacial score (nSPS) is 13.1. The number of allylic oxidation sites excluding steroid dienone is 1.